The Bertz CT molecular complexity index is 913. The Morgan fingerprint density at radius 2 is 1.56 bits per heavy atom. The van der Waals surface area contributed by atoms with Crippen molar-refractivity contribution < 1.29 is 9.72 Å². The highest BCUT2D eigenvalue weighted by Gasteiger charge is 2.21. The Hall–Kier alpha value is -3.25. The number of hydrogen-bond acceptors (Lipinski definition) is 5. The summed E-state index contributed by atoms with van der Waals surface area (Å²) in [5.41, 5.74) is 9.56. The van der Waals surface area contributed by atoms with Crippen molar-refractivity contribution in [1.82, 2.24) is 4.90 Å². The number of benzene rings is 2. The van der Waals surface area contributed by atoms with E-state index in [1.54, 1.807) is 12.1 Å². The van der Waals surface area contributed by atoms with E-state index in [1.807, 2.05) is 43.5 Å². The second kappa shape index (κ2) is 7.97. The first-order valence-electron chi connectivity index (χ1n) is 8.67. The fraction of sp³-hybridized carbons (Fsp3) is 0.190. The number of nitro benzene ring substituents is 1. The third-order valence-electron chi connectivity index (χ3n) is 4.51. The molecule has 1 aliphatic heterocycles. The minimum absolute atomic E-state index is 0.00882. The number of carbonyl (C=O) groups is 1. The summed E-state index contributed by atoms with van der Waals surface area (Å²) in [7, 11) is 1.98. The lowest BCUT2D eigenvalue weighted by molar-refractivity contribution is -0.384. The van der Waals surface area contributed by atoms with E-state index in [9.17, 15) is 14.9 Å². The summed E-state index contributed by atoms with van der Waals surface area (Å²) in [5.74, 6) is 0.00882. The van der Waals surface area contributed by atoms with Gasteiger partial charge in [0.15, 0.2) is 5.78 Å². The Labute approximate surface area is 157 Å². The van der Waals surface area contributed by atoms with E-state index in [0.29, 0.717) is 24.2 Å². The van der Waals surface area contributed by atoms with Crippen LogP contribution in [0.3, 0.4) is 0 Å². The number of Topliss-reactive ketones (excluding diaryl/α,β-unsaturated/α-hetero) is 1. The van der Waals surface area contributed by atoms with Crippen LogP contribution in [0.1, 0.15) is 17.5 Å². The van der Waals surface area contributed by atoms with Gasteiger partial charge in [0.25, 0.3) is 5.69 Å². The smallest absolute Gasteiger partial charge is 0.269 e. The second-order valence-electron chi connectivity index (χ2n) is 6.67. The van der Waals surface area contributed by atoms with Crippen LogP contribution in [0.2, 0.25) is 0 Å². The monoisotopic (exact) mass is 363 g/mol. The zero-order valence-corrected chi connectivity index (χ0v) is 15.1. The van der Waals surface area contributed by atoms with Crippen LogP contribution < -0.4 is 5.73 Å². The molecule has 1 aliphatic rings. The van der Waals surface area contributed by atoms with Crippen molar-refractivity contribution in [2.75, 3.05) is 25.9 Å². The lowest BCUT2D eigenvalue weighted by atomic mass is 9.98. The van der Waals surface area contributed by atoms with Crippen LogP contribution in [0, 0.1) is 10.1 Å². The van der Waals surface area contributed by atoms with Crippen molar-refractivity contribution in [3.8, 4) is 0 Å². The highest BCUT2D eigenvalue weighted by atomic mass is 16.6. The number of nitrogen functional groups attached to an aromatic ring is 1. The molecular formula is C21H21N3O3. The van der Waals surface area contributed by atoms with Crippen molar-refractivity contribution in [1.29, 1.82) is 0 Å². The standard InChI is InChI=1S/C21H21N3O3/c1-23-11-10-17(12-15-2-6-19(22)7-3-15)21(25)18(14-23)13-16-4-8-20(9-5-16)24(26)27/h2-9,12-13H,10-11,14,22H2,1H3/b17-12+,18-13+. The summed E-state index contributed by atoms with van der Waals surface area (Å²) in [6, 6.07) is 13.6. The molecule has 2 N–H and O–H groups in total. The van der Waals surface area contributed by atoms with Crippen LogP contribution in [0.4, 0.5) is 11.4 Å². The maximum atomic E-state index is 13.0. The van der Waals surface area contributed by atoms with Gasteiger partial charge in [-0.05, 0) is 61.0 Å². The maximum absolute atomic E-state index is 13.0. The highest BCUT2D eigenvalue weighted by Crippen LogP contribution is 2.23. The third kappa shape index (κ3) is 4.68. The number of non-ortho nitro benzene ring substituents is 1. The fourth-order valence-electron chi connectivity index (χ4n) is 3.01. The molecule has 0 amide bonds. The van der Waals surface area contributed by atoms with Gasteiger partial charge in [0.05, 0.1) is 4.92 Å². The Morgan fingerprint density at radius 1 is 1.00 bits per heavy atom. The molecule has 138 valence electrons. The zero-order chi connectivity index (χ0) is 19.4. The van der Waals surface area contributed by atoms with Crippen molar-refractivity contribution in [3.63, 3.8) is 0 Å². The molecule has 0 atom stereocenters. The van der Waals surface area contributed by atoms with Crippen LogP contribution in [-0.2, 0) is 4.79 Å². The van der Waals surface area contributed by atoms with Crippen LogP contribution in [0.15, 0.2) is 59.7 Å². The average molecular weight is 363 g/mol. The molecule has 6 nitrogen and oxygen atoms in total. The predicted molar refractivity (Wildman–Crippen MR) is 107 cm³/mol. The average Bonchev–Trinajstić information content (AvgIpc) is 2.77. The van der Waals surface area contributed by atoms with Crippen molar-refractivity contribution in [2.45, 2.75) is 6.42 Å². The largest absolute Gasteiger partial charge is 0.399 e. The summed E-state index contributed by atoms with van der Waals surface area (Å²) in [6.45, 7) is 1.32. The molecule has 0 saturated carbocycles. The number of rotatable bonds is 3. The molecule has 0 bridgehead atoms. The SMILES string of the molecule is CN1CC/C(=C\c2ccc(N)cc2)C(=O)/C(=C/c2ccc([N+](=O)[O-])cc2)C1. The van der Waals surface area contributed by atoms with Gasteiger partial charge in [0, 0.05) is 42.1 Å². The molecule has 1 fully saturated rings. The molecule has 2 aromatic carbocycles. The van der Waals surface area contributed by atoms with E-state index in [0.717, 1.165) is 23.2 Å². The Morgan fingerprint density at radius 3 is 2.15 bits per heavy atom. The molecule has 27 heavy (non-hydrogen) atoms. The second-order valence-corrected chi connectivity index (χ2v) is 6.67. The van der Waals surface area contributed by atoms with Gasteiger partial charge < -0.3 is 10.6 Å². The van der Waals surface area contributed by atoms with Gasteiger partial charge >= 0.3 is 0 Å². The first-order valence-corrected chi connectivity index (χ1v) is 8.67. The van der Waals surface area contributed by atoms with Crippen LogP contribution in [-0.4, -0.2) is 35.7 Å². The van der Waals surface area contributed by atoms with Gasteiger partial charge in [-0.1, -0.05) is 12.1 Å². The first-order chi connectivity index (χ1) is 12.9. The topological polar surface area (TPSA) is 89.5 Å². The van der Waals surface area contributed by atoms with Crippen molar-refractivity contribution in [3.05, 3.63) is 80.9 Å². The third-order valence-corrected chi connectivity index (χ3v) is 4.51. The van der Waals surface area contributed by atoms with E-state index in [-0.39, 0.29) is 11.5 Å². The molecule has 6 heteroatoms. The minimum Gasteiger partial charge on any atom is -0.399 e. The lowest BCUT2D eigenvalue weighted by Gasteiger charge is -2.12. The highest BCUT2D eigenvalue weighted by molar-refractivity contribution is 6.13. The quantitative estimate of drug-likeness (QED) is 0.390. The zero-order valence-electron chi connectivity index (χ0n) is 15.1. The number of ketones is 1. The number of hydrogen-bond donors (Lipinski definition) is 1. The van der Waals surface area contributed by atoms with Crippen LogP contribution in [0.25, 0.3) is 12.2 Å². The van der Waals surface area contributed by atoms with E-state index < -0.39 is 4.92 Å². The van der Waals surface area contributed by atoms with E-state index in [4.69, 9.17) is 5.73 Å². The normalized spacial score (nSPS) is 18.6. The Balaban J connectivity index is 1.92. The van der Waals surface area contributed by atoms with Crippen molar-refractivity contribution in [2.24, 2.45) is 0 Å². The van der Waals surface area contributed by atoms with Gasteiger partial charge in [0.2, 0.25) is 0 Å². The Kier molecular flexibility index (Phi) is 5.47. The van der Waals surface area contributed by atoms with Gasteiger partial charge in [-0.25, -0.2) is 0 Å². The molecule has 1 saturated heterocycles. The molecule has 1 heterocycles. The van der Waals surface area contributed by atoms with Crippen molar-refractivity contribution >= 4 is 29.3 Å². The van der Waals surface area contributed by atoms with Crippen LogP contribution >= 0.6 is 0 Å². The number of nitrogens with zero attached hydrogens (tertiary/aromatic N) is 2. The molecule has 0 aromatic heterocycles. The summed E-state index contributed by atoms with van der Waals surface area (Å²) >= 11 is 0. The summed E-state index contributed by atoms with van der Waals surface area (Å²) in [6.07, 6.45) is 4.38. The lowest BCUT2D eigenvalue weighted by Crippen LogP contribution is -2.20. The fourth-order valence-corrected chi connectivity index (χ4v) is 3.01. The first kappa shape index (κ1) is 18.5. The van der Waals surface area contributed by atoms with Gasteiger partial charge in [-0.3, -0.25) is 14.9 Å². The number of anilines is 1. The van der Waals surface area contributed by atoms with E-state index in [1.165, 1.54) is 12.1 Å². The minimum atomic E-state index is -0.436. The van der Waals surface area contributed by atoms with Gasteiger partial charge in [0.1, 0.15) is 0 Å². The molecule has 0 spiro atoms. The number of likely N-dealkylation sites (N-methyl/N-ethyl adjacent to an activating group) is 1. The summed E-state index contributed by atoms with van der Waals surface area (Å²) in [5, 5.41) is 10.8. The summed E-state index contributed by atoms with van der Waals surface area (Å²) < 4.78 is 0. The number of likely N-dealkylation sites (tertiary alicyclic amines) is 1. The molecule has 0 aliphatic carbocycles. The van der Waals surface area contributed by atoms with E-state index in [2.05, 4.69) is 4.90 Å². The number of nitro groups is 1. The molecule has 3 rings (SSSR count). The molecule has 0 radical (unpaired) electrons. The van der Waals surface area contributed by atoms with E-state index >= 15 is 0 Å². The maximum Gasteiger partial charge on any atom is 0.269 e. The summed E-state index contributed by atoms with van der Waals surface area (Å²) in [4.78, 5) is 25.5. The van der Waals surface area contributed by atoms with Gasteiger partial charge in [-0.15, -0.1) is 0 Å². The predicted octanol–water partition coefficient (Wildman–Crippen LogP) is 3.55. The molecular weight excluding hydrogens is 342 g/mol. The number of carbonyl (C=O) groups excluding carboxylic acids is 1. The molecule has 2 aromatic rings. The molecule has 0 unspecified atom stereocenters. The van der Waals surface area contributed by atoms with Gasteiger partial charge in [-0.2, -0.15) is 0 Å². The van der Waals surface area contributed by atoms with Crippen LogP contribution in [0.5, 0.6) is 0 Å². The number of nitrogens with two attached hydrogens (primary N) is 1.